The number of aromatic nitrogens is 1. The summed E-state index contributed by atoms with van der Waals surface area (Å²) in [5, 5.41) is 5.48. The maximum absolute atomic E-state index is 11.0. The molecule has 0 spiro atoms. The van der Waals surface area contributed by atoms with Crippen molar-refractivity contribution >= 4 is 12.0 Å². The molecule has 0 aliphatic rings. The van der Waals surface area contributed by atoms with E-state index in [1.54, 1.807) is 6.20 Å². The Morgan fingerprint density at radius 2 is 1.90 bits per heavy atom. The summed E-state index contributed by atoms with van der Waals surface area (Å²) in [6.07, 6.45) is 1.71. The van der Waals surface area contributed by atoms with Crippen molar-refractivity contribution in [2.75, 3.05) is 0 Å². The number of guanidine groups is 1. The first-order valence-electron chi connectivity index (χ1n) is 6.52. The highest BCUT2D eigenvalue weighted by Gasteiger charge is 2.02. The molecule has 2 aromatic rings. The quantitative estimate of drug-likeness (QED) is 0.585. The van der Waals surface area contributed by atoms with Gasteiger partial charge < -0.3 is 11.1 Å². The third-order valence-corrected chi connectivity index (χ3v) is 2.67. The zero-order chi connectivity index (χ0) is 14.9. The van der Waals surface area contributed by atoms with Gasteiger partial charge in [0.15, 0.2) is 5.96 Å². The van der Waals surface area contributed by atoms with Crippen molar-refractivity contribution in [3.8, 4) is 0 Å². The predicted molar refractivity (Wildman–Crippen MR) is 81.4 cm³/mol. The van der Waals surface area contributed by atoms with Crippen LogP contribution in [-0.2, 0) is 13.1 Å². The predicted octanol–water partition coefficient (Wildman–Crippen LogP) is 1.40. The number of nitrogens with two attached hydrogens (primary N) is 1. The van der Waals surface area contributed by atoms with E-state index in [-0.39, 0.29) is 0 Å². The Bertz CT molecular complexity index is 598. The van der Waals surface area contributed by atoms with Gasteiger partial charge in [-0.1, -0.05) is 36.4 Å². The van der Waals surface area contributed by atoms with Crippen LogP contribution in [0.15, 0.2) is 59.7 Å². The van der Waals surface area contributed by atoms with E-state index >= 15 is 0 Å². The molecule has 0 aliphatic heterocycles. The van der Waals surface area contributed by atoms with Crippen LogP contribution < -0.4 is 16.4 Å². The molecule has 108 valence electrons. The van der Waals surface area contributed by atoms with Crippen molar-refractivity contribution in [1.29, 1.82) is 0 Å². The first kappa shape index (κ1) is 14.5. The van der Waals surface area contributed by atoms with E-state index in [9.17, 15) is 4.79 Å². The van der Waals surface area contributed by atoms with Gasteiger partial charge in [-0.15, -0.1) is 0 Å². The van der Waals surface area contributed by atoms with Gasteiger partial charge in [-0.05, 0) is 17.7 Å². The molecule has 0 fully saturated rings. The topological polar surface area (TPSA) is 92.4 Å². The molecule has 0 saturated heterocycles. The summed E-state index contributed by atoms with van der Waals surface area (Å²) in [6.45, 7) is 0.903. The number of aliphatic imine (C=N–C) groups is 1. The molecule has 1 aromatic carbocycles. The number of rotatable bonds is 4. The number of hydrogen-bond donors (Lipinski definition) is 3. The molecule has 21 heavy (non-hydrogen) atoms. The zero-order valence-corrected chi connectivity index (χ0v) is 11.5. The Labute approximate surface area is 123 Å². The van der Waals surface area contributed by atoms with Crippen LogP contribution in [0.1, 0.15) is 11.3 Å². The number of pyridine rings is 1. The van der Waals surface area contributed by atoms with Gasteiger partial charge in [0.05, 0.1) is 18.8 Å². The number of nitrogens with zero attached hydrogens (tertiary/aromatic N) is 2. The second kappa shape index (κ2) is 7.64. The summed E-state index contributed by atoms with van der Waals surface area (Å²) in [6, 6.07) is 14.7. The van der Waals surface area contributed by atoms with E-state index < -0.39 is 6.03 Å². The van der Waals surface area contributed by atoms with Gasteiger partial charge in [0, 0.05) is 6.20 Å². The van der Waals surface area contributed by atoms with Crippen LogP contribution >= 0.6 is 0 Å². The van der Waals surface area contributed by atoms with E-state index in [2.05, 4.69) is 20.6 Å². The third kappa shape index (κ3) is 5.32. The van der Waals surface area contributed by atoms with Crippen molar-refractivity contribution in [2.45, 2.75) is 13.1 Å². The average molecular weight is 283 g/mol. The Kier molecular flexibility index (Phi) is 5.28. The summed E-state index contributed by atoms with van der Waals surface area (Å²) < 4.78 is 0. The lowest BCUT2D eigenvalue weighted by Crippen LogP contribution is -2.43. The molecular formula is C15H17N5O. The number of hydrogen-bond acceptors (Lipinski definition) is 3. The van der Waals surface area contributed by atoms with Gasteiger partial charge in [-0.3, -0.25) is 10.3 Å². The Balaban J connectivity index is 1.98. The Hall–Kier alpha value is -2.89. The minimum atomic E-state index is -0.657. The monoisotopic (exact) mass is 283 g/mol. The molecule has 0 saturated carbocycles. The molecule has 1 aromatic heterocycles. The lowest BCUT2D eigenvalue weighted by atomic mass is 10.2. The standard InChI is InChI=1S/C15H17N5O/c16-14(21)20-15(18-10-12-6-2-1-3-7-12)19-11-13-8-4-5-9-17-13/h1-9H,10-11H2,(H4,16,18,19,20,21). The SMILES string of the molecule is NC(=O)NC(=NCc1ccccc1)NCc1ccccn1. The fraction of sp³-hybridized carbons (Fsp3) is 0.133. The normalized spacial score (nSPS) is 11.0. The van der Waals surface area contributed by atoms with Crippen molar-refractivity contribution in [3.63, 3.8) is 0 Å². The van der Waals surface area contributed by atoms with E-state index in [0.29, 0.717) is 19.0 Å². The number of nitrogens with one attached hydrogen (secondary N) is 2. The largest absolute Gasteiger partial charge is 0.351 e. The van der Waals surface area contributed by atoms with E-state index in [4.69, 9.17) is 5.73 Å². The van der Waals surface area contributed by atoms with Gasteiger partial charge in [-0.2, -0.15) is 0 Å². The van der Waals surface area contributed by atoms with Crippen molar-refractivity contribution in [1.82, 2.24) is 15.6 Å². The number of benzene rings is 1. The lowest BCUT2D eigenvalue weighted by molar-refractivity contribution is 0.253. The van der Waals surface area contributed by atoms with Crippen LogP contribution in [0.25, 0.3) is 0 Å². The van der Waals surface area contributed by atoms with Crippen LogP contribution in [0.5, 0.6) is 0 Å². The Morgan fingerprint density at radius 1 is 1.14 bits per heavy atom. The van der Waals surface area contributed by atoms with Gasteiger partial charge in [0.2, 0.25) is 0 Å². The molecule has 2 rings (SSSR count). The number of amides is 2. The molecule has 6 heteroatoms. The minimum Gasteiger partial charge on any atom is -0.351 e. The van der Waals surface area contributed by atoms with E-state index in [1.807, 2.05) is 48.5 Å². The first-order chi connectivity index (χ1) is 10.2. The lowest BCUT2D eigenvalue weighted by Gasteiger charge is -2.09. The molecule has 0 atom stereocenters. The second-order valence-electron chi connectivity index (χ2n) is 4.31. The van der Waals surface area contributed by atoms with Gasteiger partial charge in [-0.25, -0.2) is 9.79 Å². The number of carbonyl (C=O) groups excluding carboxylic acids is 1. The molecule has 0 aliphatic carbocycles. The third-order valence-electron chi connectivity index (χ3n) is 2.67. The summed E-state index contributed by atoms with van der Waals surface area (Å²) in [4.78, 5) is 19.5. The van der Waals surface area contributed by atoms with Crippen molar-refractivity contribution < 1.29 is 4.79 Å². The molecule has 2 amide bonds. The fourth-order valence-corrected chi connectivity index (χ4v) is 1.69. The van der Waals surface area contributed by atoms with Crippen molar-refractivity contribution in [2.24, 2.45) is 10.7 Å². The van der Waals surface area contributed by atoms with E-state index in [1.165, 1.54) is 0 Å². The molecule has 0 unspecified atom stereocenters. The van der Waals surface area contributed by atoms with Crippen LogP contribution in [0.4, 0.5) is 4.79 Å². The highest BCUT2D eigenvalue weighted by atomic mass is 16.2. The molecule has 0 bridgehead atoms. The van der Waals surface area contributed by atoms with Crippen LogP contribution in [0, 0.1) is 0 Å². The second-order valence-corrected chi connectivity index (χ2v) is 4.31. The number of urea groups is 1. The average Bonchev–Trinajstić information content (AvgIpc) is 2.51. The zero-order valence-electron chi connectivity index (χ0n) is 11.5. The van der Waals surface area contributed by atoms with E-state index in [0.717, 1.165) is 11.3 Å². The smallest absolute Gasteiger partial charge is 0.318 e. The number of primary amides is 1. The first-order valence-corrected chi connectivity index (χ1v) is 6.52. The van der Waals surface area contributed by atoms with Crippen LogP contribution in [-0.4, -0.2) is 17.0 Å². The highest BCUT2D eigenvalue weighted by Crippen LogP contribution is 2.00. The van der Waals surface area contributed by atoms with Crippen molar-refractivity contribution in [3.05, 3.63) is 66.0 Å². The maximum Gasteiger partial charge on any atom is 0.318 e. The molecule has 6 nitrogen and oxygen atoms in total. The number of carbonyl (C=O) groups is 1. The summed E-state index contributed by atoms with van der Waals surface area (Å²) in [5.74, 6) is 0.331. The molecular weight excluding hydrogens is 266 g/mol. The molecule has 4 N–H and O–H groups in total. The molecule has 0 radical (unpaired) electrons. The van der Waals surface area contributed by atoms with Gasteiger partial charge in [0.1, 0.15) is 0 Å². The van der Waals surface area contributed by atoms with Crippen LogP contribution in [0.3, 0.4) is 0 Å². The Morgan fingerprint density at radius 3 is 2.57 bits per heavy atom. The summed E-state index contributed by atoms with van der Waals surface area (Å²) in [5.41, 5.74) is 7.03. The minimum absolute atomic E-state index is 0.331. The summed E-state index contributed by atoms with van der Waals surface area (Å²) >= 11 is 0. The highest BCUT2D eigenvalue weighted by molar-refractivity contribution is 5.95. The summed E-state index contributed by atoms with van der Waals surface area (Å²) in [7, 11) is 0. The van der Waals surface area contributed by atoms with Gasteiger partial charge >= 0.3 is 6.03 Å². The maximum atomic E-state index is 11.0. The van der Waals surface area contributed by atoms with Crippen LogP contribution in [0.2, 0.25) is 0 Å². The molecule has 1 heterocycles. The fourth-order valence-electron chi connectivity index (χ4n) is 1.69. The van der Waals surface area contributed by atoms with Gasteiger partial charge in [0.25, 0.3) is 0 Å².